The molecule has 3 rings (SSSR count). The fraction of sp³-hybridized carbons (Fsp3) is 0.600. The number of aliphatic hydroxyl groups excluding tert-OH is 1. The highest BCUT2D eigenvalue weighted by atomic mass is 19.4. The van der Waals surface area contributed by atoms with Crippen molar-refractivity contribution in [1.29, 1.82) is 0 Å². The van der Waals surface area contributed by atoms with Crippen molar-refractivity contribution in [1.82, 2.24) is 10.6 Å². The number of halogens is 3. The molecule has 2 fully saturated rings. The zero-order valence-electron chi connectivity index (χ0n) is 16.4. The van der Waals surface area contributed by atoms with Gasteiger partial charge in [-0.1, -0.05) is 0 Å². The van der Waals surface area contributed by atoms with Crippen LogP contribution in [0.15, 0.2) is 24.3 Å². The van der Waals surface area contributed by atoms with Crippen LogP contribution in [0.5, 0.6) is 0 Å². The quantitative estimate of drug-likeness (QED) is 0.536. The number of nitrogens with one attached hydrogen (secondary N) is 3. The Morgan fingerprint density at radius 1 is 1.10 bits per heavy atom. The third kappa shape index (κ3) is 6.33. The number of hydrogen-bond acceptors (Lipinski definition) is 4. The lowest BCUT2D eigenvalue weighted by Crippen LogP contribution is -2.51. The highest BCUT2D eigenvalue weighted by molar-refractivity contribution is 5.89. The van der Waals surface area contributed by atoms with Gasteiger partial charge in [-0.2, -0.15) is 13.2 Å². The Morgan fingerprint density at radius 2 is 1.80 bits per heavy atom. The summed E-state index contributed by atoms with van der Waals surface area (Å²) in [5, 5.41) is 17.6. The minimum absolute atomic E-state index is 0.0158. The van der Waals surface area contributed by atoms with Crippen LogP contribution in [0, 0.1) is 5.92 Å². The number of carbonyl (C=O) groups excluding carboxylic acids is 2. The number of aliphatic hydroxyl groups is 1. The second-order valence-corrected chi connectivity index (χ2v) is 7.69. The number of urea groups is 1. The Kier molecular flexibility index (Phi) is 7.19. The van der Waals surface area contributed by atoms with Crippen LogP contribution < -0.4 is 16.0 Å². The molecule has 4 N–H and O–H groups in total. The molecular formula is C20H26F3N3O4. The van der Waals surface area contributed by atoms with Gasteiger partial charge in [0.2, 0.25) is 5.91 Å². The van der Waals surface area contributed by atoms with Gasteiger partial charge in [0.1, 0.15) is 6.10 Å². The van der Waals surface area contributed by atoms with E-state index >= 15 is 0 Å². The minimum atomic E-state index is -4.42. The summed E-state index contributed by atoms with van der Waals surface area (Å²) in [6.45, 7) is 0.0995. The molecule has 0 aromatic heterocycles. The van der Waals surface area contributed by atoms with E-state index in [1.807, 2.05) is 0 Å². The summed E-state index contributed by atoms with van der Waals surface area (Å²) in [7, 11) is 0. The number of ether oxygens (including phenoxy) is 1. The van der Waals surface area contributed by atoms with Gasteiger partial charge in [-0.15, -0.1) is 0 Å². The van der Waals surface area contributed by atoms with Gasteiger partial charge < -0.3 is 25.8 Å². The molecule has 3 amide bonds. The smallest absolute Gasteiger partial charge is 0.394 e. The Morgan fingerprint density at radius 3 is 2.40 bits per heavy atom. The summed E-state index contributed by atoms with van der Waals surface area (Å²) in [5.74, 6) is 0.108. The van der Waals surface area contributed by atoms with Crippen LogP contribution in [0.1, 0.15) is 37.7 Å². The Labute approximate surface area is 172 Å². The van der Waals surface area contributed by atoms with E-state index in [4.69, 9.17) is 4.74 Å². The summed E-state index contributed by atoms with van der Waals surface area (Å²) in [6, 6.07) is 3.44. The zero-order chi connectivity index (χ0) is 21.7. The summed E-state index contributed by atoms with van der Waals surface area (Å²) >= 11 is 0. The van der Waals surface area contributed by atoms with E-state index in [2.05, 4.69) is 16.0 Å². The average molecular weight is 429 g/mol. The topological polar surface area (TPSA) is 99.7 Å². The molecule has 3 atom stereocenters. The first-order chi connectivity index (χ1) is 14.3. The Hall–Kier alpha value is -2.33. The van der Waals surface area contributed by atoms with E-state index in [1.165, 1.54) is 12.1 Å². The van der Waals surface area contributed by atoms with Gasteiger partial charge >= 0.3 is 12.2 Å². The van der Waals surface area contributed by atoms with Gasteiger partial charge in [0.05, 0.1) is 24.3 Å². The molecule has 1 aromatic rings. The van der Waals surface area contributed by atoms with Crippen molar-refractivity contribution in [3.05, 3.63) is 29.8 Å². The summed E-state index contributed by atoms with van der Waals surface area (Å²) in [5.41, 5.74) is -0.531. The molecule has 2 aliphatic rings. The second kappa shape index (κ2) is 9.65. The van der Waals surface area contributed by atoms with Crippen molar-refractivity contribution in [3.63, 3.8) is 0 Å². The fourth-order valence-corrected chi connectivity index (χ4v) is 3.42. The number of alkyl halides is 3. The lowest BCUT2D eigenvalue weighted by Gasteiger charge is -2.36. The fourth-order valence-electron chi connectivity index (χ4n) is 3.42. The van der Waals surface area contributed by atoms with Crippen molar-refractivity contribution >= 4 is 17.6 Å². The molecular weight excluding hydrogens is 403 g/mol. The third-order valence-electron chi connectivity index (χ3n) is 5.29. The number of benzene rings is 1. The van der Waals surface area contributed by atoms with Gasteiger partial charge in [-0.25, -0.2) is 4.79 Å². The Balaban J connectivity index is 1.37. The molecule has 30 heavy (non-hydrogen) atoms. The summed E-state index contributed by atoms with van der Waals surface area (Å²) in [4.78, 5) is 23.8. The maximum atomic E-state index is 12.6. The highest BCUT2D eigenvalue weighted by Gasteiger charge is 2.36. The molecule has 0 spiro atoms. The number of amides is 3. The van der Waals surface area contributed by atoms with E-state index in [9.17, 15) is 27.9 Å². The van der Waals surface area contributed by atoms with Crippen LogP contribution in [0.25, 0.3) is 0 Å². The van der Waals surface area contributed by atoms with Crippen LogP contribution >= 0.6 is 0 Å². The van der Waals surface area contributed by atoms with E-state index in [-0.39, 0.29) is 36.3 Å². The van der Waals surface area contributed by atoms with Gasteiger partial charge in [0.25, 0.3) is 0 Å². The van der Waals surface area contributed by atoms with E-state index < -0.39 is 23.9 Å². The number of rotatable bonds is 7. The molecule has 1 saturated carbocycles. The molecule has 1 saturated heterocycles. The van der Waals surface area contributed by atoms with E-state index in [0.717, 1.165) is 25.0 Å². The average Bonchev–Trinajstić information content (AvgIpc) is 3.54. The van der Waals surface area contributed by atoms with E-state index in [0.29, 0.717) is 25.8 Å². The van der Waals surface area contributed by atoms with Crippen LogP contribution in [-0.4, -0.2) is 48.4 Å². The molecule has 0 bridgehead atoms. The van der Waals surface area contributed by atoms with Crippen LogP contribution in [0.2, 0.25) is 0 Å². The normalized spacial score (nSPS) is 24.2. The summed E-state index contributed by atoms with van der Waals surface area (Å²) in [6.07, 6.45) is -1.36. The van der Waals surface area contributed by atoms with Gasteiger partial charge in [0.15, 0.2) is 0 Å². The van der Waals surface area contributed by atoms with Crippen molar-refractivity contribution in [2.75, 3.05) is 18.5 Å². The van der Waals surface area contributed by atoms with E-state index in [1.54, 1.807) is 0 Å². The molecule has 0 unspecified atom stereocenters. The number of hydrogen-bond donors (Lipinski definition) is 4. The van der Waals surface area contributed by atoms with Crippen molar-refractivity contribution in [2.24, 2.45) is 5.92 Å². The monoisotopic (exact) mass is 429 g/mol. The highest BCUT2D eigenvalue weighted by Crippen LogP contribution is 2.31. The first-order valence-corrected chi connectivity index (χ1v) is 10.0. The first kappa shape index (κ1) is 22.4. The molecule has 0 radical (unpaired) electrons. The van der Waals surface area contributed by atoms with Gasteiger partial charge in [-0.3, -0.25) is 4.79 Å². The summed E-state index contributed by atoms with van der Waals surface area (Å²) < 4.78 is 43.5. The van der Waals surface area contributed by atoms with Crippen LogP contribution in [0.3, 0.4) is 0 Å². The Bertz CT molecular complexity index is 738. The SMILES string of the molecule is O=C(NCC[C@H]1CC[C@@H](NC(=O)C2CC2)[C@H](CO)O1)Nc1ccc(C(F)(F)F)cc1. The lowest BCUT2D eigenvalue weighted by atomic mass is 9.97. The third-order valence-corrected chi connectivity index (χ3v) is 5.29. The largest absolute Gasteiger partial charge is 0.416 e. The van der Waals surface area contributed by atoms with Crippen molar-refractivity contribution in [2.45, 2.75) is 56.5 Å². The number of anilines is 1. The van der Waals surface area contributed by atoms with Crippen molar-refractivity contribution in [3.8, 4) is 0 Å². The predicted molar refractivity (Wildman–Crippen MR) is 103 cm³/mol. The second-order valence-electron chi connectivity index (χ2n) is 7.69. The molecule has 1 aliphatic heterocycles. The molecule has 7 nitrogen and oxygen atoms in total. The lowest BCUT2D eigenvalue weighted by molar-refractivity contribution is -0.137. The molecule has 1 heterocycles. The predicted octanol–water partition coefficient (Wildman–Crippen LogP) is 2.65. The maximum absolute atomic E-state index is 12.6. The van der Waals surface area contributed by atoms with Gasteiger partial charge in [0, 0.05) is 18.2 Å². The first-order valence-electron chi connectivity index (χ1n) is 10.0. The minimum Gasteiger partial charge on any atom is -0.394 e. The number of carbonyl (C=O) groups is 2. The van der Waals surface area contributed by atoms with Crippen LogP contribution in [0.4, 0.5) is 23.7 Å². The zero-order valence-corrected chi connectivity index (χ0v) is 16.4. The molecule has 1 aliphatic carbocycles. The standard InChI is InChI=1S/C20H26F3N3O4/c21-20(22,23)13-3-5-14(6-4-13)25-19(29)24-10-9-15-7-8-16(17(11-27)30-15)26-18(28)12-1-2-12/h3-6,12,15-17,27H,1-2,7-11H2,(H,26,28)(H2,24,25,29)/t15-,16-,17+/m1/s1. The van der Waals surface area contributed by atoms with Crippen LogP contribution in [-0.2, 0) is 15.7 Å². The molecule has 1 aromatic carbocycles. The molecule has 166 valence electrons. The molecule has 10 heteroatoms. The maximum Gasteiger partial charge on any atom is 0.416 e. The van der Waals surface area contributed by atoms with Gasteiger partial charge in [-0.05, 0) is 56.4 Å². The van der Waals surface area contributed by atoms with Crippen molar-refractivity contribution < 1.29 is 32.6 Å².